The number of tetrazole rings is 1. The molecule has 4 aromatic rings. The zero-order valence-corrected chi connectivity index (χ0v) is 16.5. The van der Waals surface area contributed by atoms with Crippen molar-refractivity contribution in [3.63, 3.8) is 0 Å². The summed E-state index contributed by atoms with van der Waals surface area (Å²) in [5.41, 5.74) is 4.32. The van der Waals surface area contributed by atoms with Crippen LogP contribution in [0.1, 0.15) is 11.1 Å². The van der Waals surface area contributed by atoms with Crippen LogP contribution in [0.4, 0.5) is 5.69 Å². The number of aryl methyl sites for hydroxylation is 2. The van der Waals surface area contributed by atoms with E-state index in [-0.39, 0.29) is 12.3 Å². The number of hydrogen-bond acceptors (Lipinski definition) is 5. The molecule has 0 saturated carbocycles. The van der Waals surface area contributed by atoms with Gasteiger partial charge in [-0.05, 0) is 40.6 Å². The molecule has 30 heavy (non-hydrogen) atoms. The Kier molecular flexibility index (Phi) is 5.09. The van der Waals surface area contributed by atoms with Crippen LogP contribution in [0.3, 0.4) is 0 Å². The molecule has 8 nitrogen and oxygen atoms in total. The summed E-state index contributed by atoms with van der Waals surface area (Å²) in [6.45, 7) is 9.23. The topological polar surface area (TPSA) is 79.2 Å². The predicted octanol–water partition coefficient (Wildman–Crippen LogP) is 3.47. The fraction of sp³-hybridized carbons (Fsp3) is 0.136. The average molecular weight is 398 g/mol. The lowest BCUT2D eigenvalue weighted by Gasteiger charge is -2.13. The van der Waals surface area contributed by atoms with Gasteiger partial charge in [0.25, 0.3) is 0 Å². The third kappa shape index (κ3) is 3.69. The predicted molar refractivity (Wildman–Crippen MR) is 112 cm³/mol. The van der Waals surface area contributed by atoms with Crippen LogP contribution in [-0.2, 0) is 13.7 Å². The van der Waals surface area contributed by atoms with Gasteiger partial charge in [0.1, 0.15) is 6.61 Å². The molecular weight excluding hydrogens is 380 g/mol. The van der Waals surface area contributed by atoms with Crippen LogP contribution < -0.4 is 10.4 Å². The summed E-state index contributed by atoms with van der Waals surface area (Å²) in [7, 11) is 1.55. The third-order valence-electron chi connectivity index (χ3n) is 4.72. The van der Waals surface area contributed by atoms with Crippen LogP contribution in [-0.4, -0.2) is 24.8 Å². The number of pyridine rings is 1. The maximum absolute atomic E-state index is 12.3. The van der Waals surface area contributed by atoms with Gasteiger partial charge in [0, 0.05) is 18.7 Å². The highest BCUT2D eigenvalue weighted by Gasteiger charge is 2.14. The lowest BCUT2D eigenvalue weighted by molar-refractivity contribution is 0.293. The zero-order valence-electron chi connectivity index (χ0n) is 16.5. The fourth-order valence-electron chi connectivity index (χ4n) is 3.05. The van der Waals surface area contributed by atoms with Gasteiger partial charge < -0.3 is 4.74 Å². The maximum atomic E-state index is 12.3. The molecule has 0 aliphatic carbocycles. The van der Waals surface area contributed by atoms with Crippen LogP contribution in [0.15, 0.2) is 65.5 Å². The normalized spacial score (nSPS) is 10.6. The van der Waals surface area contributed by atoms with Crippen LogP contribution in [0.25, 0.3) is 21.8 Å². The molecule has 0 atom stereocenters. The molecule has 2 heterocycles. The Morgan fingerprint density at radius 1 is 1.03 bits per heavy atom. The Hall–Kier alpha value is -4.25. The van der Waals surface area contributed by atoms with Crippen molar-refractivity contribution in [3.05, 3.63) is 93.7 Å². The van der Waals surface area contributed by atoms with E-state index in [2.05, 4.69) is 20.3 Å². The van der Waals surface area contributed by atoms with Gasteiger partial charge in [0.2, 0.25) is 5.88 Å². The Balaban J connectivity index is 1.61. The summed E-state index contributed by atoms with van der Waals surface area (Å²) < 4.78 is 8.40. The van der Waals surface area contributed by atoms with Gasteiger partial charge in [-0.1, -0.05) is 42.5 Å². The fourth-order valence-corrected chi connectivity index (χ4v) is 3.05. The highest BCUT2D eigenvalue weighted by atomic mass is 16.5. The summed E-state index contributed by atoms with van der Waals surface area (Å²) in [5, 5.41) is 7.72. The number of benzene rings is 2. The molecule has 0 radical (unpaired) electrons. The molecule has 0 N–H and O–H groups in total. The number of ether oxygens (including phenoxy) is 1. The monoisotopic (exact) mass is 398 g/mol. The minimum absolute atomic E-state index is 0.220. The van der Waals surface area contributed by atoms with Crippen LogP contribution >= 0.6 is 0 Å². The number of nitrogens with zero attached hydrogens (tertiary/aromatic N) is 6. The van der Waals surface area contributed by atoms with E-state index in [0.29, 0.717) is 17.3 Å². The quantitative estimate of drug-likeness (QED) is 0.481. The van der Waals surface area contributed by atoms with Gasteiger partial charge >= 0.3 is 5.69 Å². The van der Waals surface area contributed by atoms with Gasteiger partial charge in [-0.15, -0.1) is 0 Å². The first-order valence-corrected chi connectivity index (χ1v) is 9.22. The molecular formula is C22H18N6O2. The molecule has 148 valence electrons. The molecule has 0 unspecified atom stereocenters. The molecule has 0 spiro atoms. The molecule has 2 aromatic carbocycles. The van der Waals surface area contributed by atoms with Gasteiger partial charge in [-0.3, -0.25) is 0 Å². The molecule has 0 aliphatic heterocycles. The average Bonchev–Trinajstić information content (AvgIpc) is 3.11. The van der Waals surface area contributed by atoms with E-state index in [0.717, 1.165) is 22.4 Å². The molecule has 8 heteroatoms. The van der Waals surface area contributed by atoms with E-state index in [1.54, 1.807) is 25.2 Å². The van der Waals surface area contributed by atoms with Gasteiger partial charge in [0.05, 0.1) is 18.0 Å². The van der Waals surface area contributed by atoms with Gasteiger partial charge in [-0.25, -0.2) is 14.6 Å². The lowest BCUT2D eigenvalue weighted by Crippen LogP contribution is -2.23. The highest BCUT2D eigenvalue weighted by molar-refractivity contribution is 5.63. The molecule has 4 rings (SSSR count). The Bertz CT molecular complexity index is 1300. The smallest absolute Gasteiger partial charge is 0.368 e. The van der Waals surface area contributed by atoms with Crippen molar-refractivity contribution < 1.29 is 4.74 Å². The van der Waals surface area contributed by atoms with E-state index in [9.17, 15) is 4.79 Å². The van der Waals surface area contributed by atoms with E-state index in [4.69, 9.17) is 11.3 Å². The second-order valence-electron chi connectivity index (χ2n) is 6.68. The minimum atomic E-state index is -0.329. The van der Waals surface area contributed by atoms with Crippen molar-refractivity contribution in [2.75, 3.05) is 0 Å². The standard InChI is InChI=1S/C22H18N6O2/c1-15-6-4-8-20(28-22(29)27(3)25-26-28)18(15)14-30-21-9-5-7-19(24-21)16-10-12-17(23-2)13-11-16/h4-13H,14H2,1,3H3. The minimum Gasteiger partial charge on any atom is -0.473 e. The number of rotatable bonds is 5. The van der Waals surface area contributed by atoms with Crippen molar-refractivity contribution in [1.82, 2.24) is 24.8 Å². The van der Waals surface area contributed by atoms with Crippen molar-refractivity contribution in [1.29, 1.82) is 0 Å². The van der Waals surface area contributed by atoms with Gasteiger partial charge in [0.15, 0.2) is 5.69 Å². The molecule has 0 bridgehead atoms. The van der Waals surface area contributed by atoms with E-state index < -0.39 is 0 Å². The number of aromatic nitrogens is 5. The zero-order chi connectivity index (χ0) is 21.1. The molecule has 0 amide bonds. The van der Waals surface area contributed by atoms with Crippen molar-refractivity contribution in [3.8, 4) is 22.8 Å². The summed E-state index contributed by atoms with van der Waals surface area (Å²) in [6.07, 6.45) is 0. The summed E-state index contributed by atoms with van der Waals surface area (Å²) >= 11 is 0. The van der Waals surface area contributed by atoms with Crippen LogP contribution in [0.5, 0.6) is 5.88 Å². The largest absolute Gasteiger partial charge is 0.473 e. The Morgan fingerprint density at radius 2 is 1.80 bits per heavy atom. The first kappa shape index (κ1) is 19.1. The summed E-state index contributed by atoms with van der Waals surface area (Å²) in [6, 6.07) is 18.4. The van der Waals surface area contributed by atoms with Crippen molar-refractivity contribution in [2.45, 2.75) is 13.5 Å². The first-order valence-electron chi connectivity index (χ1n) is 9.22. The molecule has 2 aromatic heterocycles. The second kappa shape index (κ2) is 8.01. The summed E-state index contributed by atoms with van der Waals surface area (Å²) in [5.74, 6) is 0.461. The second-order valence-corrected chi connectivity index (χ2v) is 6.68. The molecule has 0 aliphatic rings. The van der Waals surface area contributed by atoms with E-state index >= 15 is 0 Å². The van der Waals surface area contributed by atoms with Crippen molar-refractivity contribution >= 4 is 5.69 Å². The van der Waals surface area contributed by atoms with E-state index in [1.165, 1.54) is 9.36 Å². The molecule has 0 saturated heterocycles. The maximum Gasteiger partial charge on any atom is 0.368 e. The Morgan fingerprint density at radius 3 is 2.50 bits per heavy atom. The van der Waals surface area contributed by atoms with Crippen LogP contribution in [0, 0.1) is 13.5 Å². The molecule has 0 fully saturated rings. The van der Waals surface area contributed by atoms with Crippen molar-refractivity contribution in [2.24, 2.45) is 7.05 Å². The first-order chi connectivity index (χ1) is 14.6. The number of hydrogen-bond donors (Lipinski definition) is 0. The SMILES string of the molecule is [C-]#[N+]c1ccc(-c2cccc(OCc3c(C)cccc3-n3nnn(C)c3=O)n2)cc1. The van der Waals surface area contributed by atoms with Gasteiger partial charge in [-0.2, -0.15) is 9.36 Å². The van der Waals surface area contributed by atoms with Crippen LogP contribution in [0.2, 0.25) is 0 Å². The Labute approximate surface area is 172 Å². The third-order valence-corrected chi connectivity index (χ3v) is 4.72. The summed E-state index contributed by atoms with van der Waals surface area (Å²) in [4.78, 5) is 20.3. The highest BCUT2D eigenvalue weighted by Crippen LogP contribution is 2.24. The van der Waals surface area contributed by atoms with E-state index in [1.807, 2.05) is 49.4 Å². The lowest BCUT2D eigenvalue weighted by atomic mass is 10.1.